The van der Waals surface area contributed by atoms with Crippen molar-refractivity contribution in [3.63, 3.8) is 0 Å². The second kappa shape index (κ2) is 15.9. The standard InChI is InChI=1S/C30H26NS.C14H16NSi.Ir/c1-3-9-21(10-4-1)19-22-17-18-31-27(20-22)25-16-15-24(23-11-5-2-6-12-23)29-26-13-7-8-14-28(26)32-30(25)29;1-16(2,3)13-9-10-14(15-11-13)12-7-5-4-6-8-12;/h2,5-8,11-15,17-18,20-21H,1,3-4,9-10,19H2;4-7,9-11H,1-3H3;/q2*-1;. The number of pyridine rings is 2. The predicted octanol–water partition coefficient (Wildman–Crippen LogP) is 11.8. The van der Waals surface area contributed by atoms with Crippen molar-refractivity contribution in [3.8, 4) is 33.6 Å². The van der Waals surface area contributed by atoms with Crippen LogP contribution in [0.1, 0.15) is 37.7 Å². The third-order valence-corrected chi connectivity index (χ3v) is 12.7. The van der Waals surface area contributed by atoms with E-state index in [4.69, 9.17) is 4.98 Å². The number of rotatable bonds is 6. The molecule has 49 heavy (non-hydrogen) atoms. The Kier molecular flexibility index (Phi) is 11.4. The summed E-state index contributed by atoms with van der Waals surface area (Å²) in [5.74, 6) is 0.827. The summed E-state index contributed by atoms with van der Waals surface area (Å²) in [5.41, 5.74) is 8.15. The van der Waals surface area contributed by atoms with E-state index in [1.54, 1.807) is 0 Å². The normalized spacial score (nSPS) is 13.4. The molecule has 1 aliphatic carbocycles. The summed E-state index contributed by atoms with van der Waals surface area (Å²) in [7, 11) is -1.23. The Morgan fingerprint density at radius 3 is 2.29 bits per heavy atom. The van der Waals surface area contributed by atoms with Crippen LogP contribution >= 0.6 is 11.3 Å². The Morgan fingerprint density at radius 1 is 0.776 bits per heavy atom. The van der Waals surface area contributed by atoms with Gasteiger partial charge in [-0.15, -0.1) is 53.6 Å². The Labute approximate surface area is 310 Å². The van der Waals surface area contributed by atoms with Gasteiger partial charge >= 0.3 is 0 Å². The van der Waals surface area contributed by atoms with Crippen LogP contribution in [0.25, 0.3) is 53.8 Å². The number of thiophene rings is 1. The van der Waals surface area contributed by atoms with Crippen LogP contribution in [0.5, 0.6) is 0 Å². The van der Waals surface area contributed by atoms with Crippen LogP contribution in [0.2, 0.25) is 19.6 Å². The van der Waals surface area contributed by atoms with Crippen molar-refractivity contribution in [2.75, 3.05) is 0 Å². The van der Waals surface area contributed by atoms with E-state index in [1.165, 1.54) is 80.6 Å². The van der Waals surface area contributed by atoms with Crippen molar-refractivity contribution in [2.45, 2.75) is 58.2 Å². The summed E-state index contributed by atoms with van der Waals surface area (Å²) in [6.45, 7) is 7.00. The quantitative estimate of drug-likeness (QED) is 0.123. The van der Waals surface area contributed by atoms with Gasteiger partial charge in [0.2, 0.25) is 0 Å². The molecular formula is C44H42IrN2SSi-2. The fourth-order valence-electron chi connectivity index (χ4n) is 6.82. The van der Waals surface area contributed by atoms with E-state index in [2.05, 4.69) is 122 Å². The van der Waals surface area contributed by atoms with E-state index in [0.717, 1.165) is 28.4 Å². The van der Waals surface area contributed by atoms with Crippen molar-refractivity contribution in [1.82, 2.24) is 9.97 Å². The van der Waals surface area contributed by atoms with Crippen LogP contribution < -0.4 is 5.19 Å². The molecule has 0 bridgehead atoms. The minimum atomic E-state index is -1.23. The summed E-state index contributed by atoms with van der Waals surface area (Å²) in [6.07, 6.45) is 12.1. The van der Waals surface area contributed by atoms with E-state index < -0.39 is 8.07 Å². The molecule has 5 heteroatoms. The first kappa shape index (κ1) is 35.1. The van der Waals surface area contributed by atoms with Gasteiger partial charge in [-0.1, -0.05) is 141 Å². The predicted molar refractivity (Wildman–Crippen MR) is 209 cm³/mol. The molecule has 4 aromatic carbocycles. The topological polar surface area (TPSA) is 25.8 Å². The van der Waals surface area contributed by atoms with Crippen molar-refractivity contribution in [3.05, 3.63) is 139 Å². The van der Waals surface area contributed by atoms with Crippen LogP contribution in [0.3, 0.4) is 0 Å². The first-order valence-electron chi connectivity index (χ1n) is 17.2. The largest absolute Gasteiger partial charge is 0.305 e. The van der Waals surface area contributed by atoms with Gasteiger partial charge in [0.15, 0.2) is 0 Å². The van der Waals surface area contributed by atoms with Crippen molar-refractivity contribution < 1.29 is 20.1 Å². The number of benzene rings is 4. The van der Waals surface area contributed by atoms with E-state index in [9.17, 15) is 0 Å². The molecule has 3 aromatic heterocycles. The molecule has 0 unspecified atom stereocenters. The third kappa shape index (κ3) is 8.19. The van der Waals surface area contributed by atoms with E-state index in [1.807, 2.05) is 48.0 Å². The van der Waals surface area contributed by atoms with Crippen LogP contribution in [-0.2, 0) is 26.5 Å². The molecular weight excluding hydrogens is 809 g/mol. The molecule has 0 N–H and O–H groups in total. The first-order valence-corrected chi connectivity index (χ1v) is 21.6. The van der Waals surface area contributed by atoms with Gasteiger partial charge in [0.05, 0.1) is 8.07 Å². The molecule has 8 rings (SSSR count). The van der Waals surface area contributed by atoms with E-state index in [0.29, 0.717) is 0 Å². The Bertz CT molecular complexity index is 2110. The summed E-state index contributed by atoms with van der Waals surface area (Å²) in [6, 6.07) is 45.2. The van der Waals surface area contributed by atoms with E-state index >= 15 is 0 Å². The SMILES string of the molecule is C[Si](C)(C)c1ccc(-c2[c-]cccc2)nc1.[Ir].[c-]1cc(-c2ccccc2)c2c(sc3ccccc32)c1-c1cc(CC2CCCCC2)ccn1. The Hall–Kier alpha value is -3.73. The van der Waals surface area contributed by atoms with Crippen LogP contribution in [-0.4, -0.2) is 18.0 Å². The molecule has 3 heterocycles. The molecule has 0 spiro atoms. The van der Waals surface area contributed by atoms with Crippen molar-refractivity contribution in [2.24, 2.45) is 5.92 Å². The molecule has 7 aromatic rings. The Morgan fingerprint density at radius 2 is 1.55 bits per heavy atom. The van der Waals surface area contributed by atoms with Crippen molar-refractivity contribution >= 4 is 44.8 Å². The maximum atomic E-state index is 4.80. The maximum Gasteiger partial charge on any atom is 0.0795 e. The fourth-order valence-corrected chi connectivity index (χ4v) is 9.09. The van der Waals surface area contributed by atoms with Gasteiger partial charge in [0.25, 0.3) is 0 Å². The number of nitrogens with zero attached hydrogens (tertiary/aromatic N) is 2. The smallest absolute Gasteiger partial charge is 0.0795 e. The molecule has 0 amide bonds. The minimum Gasteiger partial charge on any atom is -0.305 e. The number of aromatic nitrogens is 2. The fraction of sp³-hybridized carbons (Fsp3) is 0.227. The Balaban J connectivity index is 0.000000208. The van der Waals surface area contributed by atoms with Crippen LogP contribution in [0.15, 0.2) is 122 Å². The average molecular weight is 851 g/mol. The first-order chi connectivity index (χ1) is 23.4. The minimum absolute atomic E-state index is 0. The van der Waals surface area contributed by atoms with Crippen molar-refractivity contribution in [1.29, 1.82) is 0 Å². The molecule has 0 atom stereocenters. The summed E-state index contributed by atoms with van der Waals surface area (Å²) >= 11 is 1.86. The molecule has 0 aliphatic heterocycles. The molecule has 1 aliphatic rings. The zero-order valence-corrected chi connectivity index (χ0v) is 32.7. The molecule has 249 valence electrons. The summed E-state index contributed by atoms with van der Waals surface area (Å²) in [5, 5.41) is 4.04. The van der Waals surface area contributed by atoms with Gasteiger partial charge in [-0.25, -0.2) is 0 Å². The number of hydrogen-bond acceptors (Lipinski definition) is 3. The second-order valence-corrected chi connectivity index (χ2v) is 20.1. The maximum absolute atomic E-state index is 4.80. The monoisotopic (exact) mass is 851 g/mol. The van der Waals surface area contributed by atoms with Crippen LogP contribution in [0.4, 0.5) is 0 Å². The van der Waals surface area contributed by atoms with Gasteiger partial charge in [0, 0.05) is 37.2 Å². The van der Waals surface area contributed by atoms with Gasteiger partial charge in [-0.3, -0.25) is 0 Å². The van der Waals surface area contributed by atoms with Gasteiger partial charge in [-0.2, -0.15) is 11.3 Å². The second-order valence-electron chi connectivity index (χ2n) is 14.0. The molecule has 0 saturated heterocycles. The molecule has 1 fully saturated rings. The zero-order valence-electron chi connectivity index (χ0n) is 28.5. The third-order valence-electron chi connectivity index (χ3n) is 9.48. The summed E-state index contributed by atoms with van der Waals surface area (Å²) in [4.78, 5) is 9.32. The van der Waals surface area contributed by atoms with Gasteiger partial charge < -0.3 is 9.97 Å². The number of hydrogen-bond donors (Lipinski definition) is 0. The zero-order chi connectivity index (χ0) is 32.9. The molecule has 2 nitrogen and oxygen atoms in total. The van der Waals surface area contributed by atoms with Gasteiger partial charge in [0.1, 0.15) is 0 Å². The molecule has 1 radical (unpaired) electrons. The number of fused-ring (bicyclic) bond motifs is 3. The van der Waals surface area contributed by atoms with E-state index in [-0.39, 0.29) is 20.1 Å². The van der Waals surface area contributed by atoms with Gasteiger partial charge in [-0.05, 0) is 51.1 Å². The average Bonchev–Trinajstić information content (AvgIpc) is 3.52. The molecule has 1 saturated carbocycles. The van der Waals surface area contributed by atoms with Crippen LogP contribution in [0, 0.1) is 18.1 Å². The summed E-state index contributed by atoms with van der Waals surface area (Å²) < 4.78 is 2.61.